The molecule has 1 unspecified atom stereocenters. The molecule has 2 aromatic rings. The van der Waals surface area contributed by atoms with E-state index in [1.807, 2.05) is 23.1 Å². The zero-order valence-electron chi connectivity index (χ0n) is 10.4. The molecule has 0 N–H and O–H groups in total. The Hall–Kier alpha value is -0.930. The second-order valence-corrected chi connectivity index (χ2v) is 6.87. The third-order valence-corrected chi connectivity index (χ3v) is 5.90. The molecular formula is C15H16OS2. The molecule has 3 rings (SSSR count). The quantitative estimate of drug-likeness (QED) is 0.828. The van der Waals surface area contributed by atoms with Crippen molar-refractivity contribution in [3.63, 3.8) is 0 Å². The van der Waals surface area contributed by atoms with Crippen LogP contribution >= 0.6 is 23.1 Å². The molecule has 0 bridgehead atoms. The molecule has 0 amide bonds. The van der Waals surface area contributed by atoms with Gasteiger partial charge in [0.15, 0.2) is 0 Å². The summed E-state index contributed by atoms with van der Waals surface area (Å²) in [5.74, 6) is 2.96. The van der Waals surface area contributed by atoms with Crippen molar-refractivity contribution in [1.29, 1.82) is 0 Å². The Balaban J connectivity index is 1.67. The summed E-state index contributed by atoms with van der Waals surface area (Å²) in [4.78, 5) is 0. The molecule has 0 radical (unpaired) electrons. The van der Waals surface area contributed by atoms with E-state index in [0.717, 1.165) is 11.7 Å². The minimum absolute atomic E-state index is 0.769. The lowest BCUT2D eigenvalue weighted by Crippen LogP contribution is -2.14. The summed E-state index contributed by atoms with van der Waals surface area (Å²) >= 11 is 3.91. The first-order valence-corrected chi connectivity index (χ1v) is 8.04. The molecule has 18 heavy (non-hydrogen) atoms. The average molecular weight is 276 g/mol. The molecule has 1 aromatic heterocycles. The van der Waals surface area contributed by atoms with Gasteiger partial charge in [-0.2, -0.15) is 0 Å². The topological polar surface area (TPSA) is 9.23 Å². The van der Waals surface area contributed by atoms with Crippen molar-refractivity contribution in [2.75, 3.05) is 12.9 Å². The van der Waals surface area contributed by atoms with E-state index in [-0.39, 0.29) is 0 Å². The highest BCUT2D eigenvalue weighted by Crippen LogP contribution is 2.37. The Bertz CT molecular complexity index is 516. The van der Waals surface area contributed by atoms with Gasteiger partial charge in [0, 0.05) is 5.75 Å². The first kappa shape index (κ1) is 12.1. The maximum Gasteiger partial charge on any atom is 0.118 e. The summed E-state index contributed by atoms with van der Waals surface area (Å²) in [5.41, 5.74) is 2.97. The van der Waals surface area contributed by atoms with Crippen molar-refractivity contribution in [1.82, 2.24) is 0 Å². The maximum absolute atomic E-state index is 5.19. The van der Waals surface area contributed by atoms with Gasteiger partial charge < -0.3 is 4.74 Å². The highest BCUT2D eigenvalue weighted by molar-refractivity contribution is 8.01. The fourth-order valence-corrected chi connectivity index (χ4v) is 4.65. The predicted molar refractivity (Wildman–Crippen MR) is 78.9 cm³/mol. The van der Waals surface area contributed by atoms with Crippen LogP contribution in [0.4, 0.5) is 0 Å². The van der Waals surface area contributed by atoms with Crippen LogP contribution in [-0.2, 0) is 12.8 Å². The molecule has 1 aliphatic heterocycles. The number of hydrogen-bond acceptors (Lipinski definition) is 3. The second kappa shape index (κ2) is 5.37. The fourth-order valence-electron chi connectivity index (χ4n) is 2.39. The van der Waals surface area contributed by atoms with E-state index in [2.05, 4.69) is 35.7 Å². The molecule has 1 aliphatic rings. The number of fused-ring (bicyclic) bond motifs is 1. The molecule has 0 spiro atoms. The Morgan fingerprint density at radius 3 is 2.83 bits per heavy atom. The maximum atomic E-state index is 5.19. The molecule has 0 saturated heterocycles. The molecule has 1 nitrogen and oxygen atoms in total. The minimum Gasteiger partial charge on any atom is -0.497 e. The van der Waals surface area contributed by atoms with Gasteiger partial charge in [-0.15, -0.1) is 23.1 Å². The van der Waals surface area contributed by atoms with E-state index in [4.69, 9.17) is 4.74 Å². The van der Waals surface area contributed by atoms with Crippen molar-refractivity contribution in [2.24, 2.45) is 5.92 Å². The zero-order valence-corrected chi connectivity index (χ0v) is 12.0. The number of benzene rings is 1. The summed E-state index contributed by atoms with van der Waals surface area (Å²) in [7, 11) is 1.71. The van der Waals surface area contributed by atoms with E-state index in [1.54, 1.807) is 12.7 Å². The Kier molecular flexibility index (Phi) is 3.62. The molecule has 0 aliphatic carbocycles. The third-order valence-electron chi connectivity index (χ3n) is 3.35. The van der Waals surface area contributed by atoms with Crippen LogP contribution in [0.3, 0.4) is 0 Å². The number of thioether (sulfide) groups is 1. The lowest BCUT2D eigenvalue weighted by Gasteiger charge is -2.21. The van der Waals surface area contributed by atoms with Crippen LogP contribution in [0.1, 0.15) is 11.1 Å². The first-order valence-electron chi connectivity index (χ1n) is 6.17. The Morgan fingerprint density at radius 1 is 1.22 bits per heavy atom. The highest BCUT2D eigenvalue weighted by Gasteiger charge is 2.20. The Labute approximate surface area is 116 Å². The number of hydrogen-bond donors (Lipinski definition) is 0. The van der Waals surface area contributed by atoms with E-state index in [1.165, 1.54) is 28.4 Å². The average Bonchev–Trinajstić information content (AvgIpc) is 2.87. The summed E-state index contributed by atoms with van der Waals surface area (Å²) in [6, 6.07) is 10.8. The summed E-state index contributed by atoms with van der Waals surface area (Å²) in [6.07, 6.45) is 2.41. The van der Waals surface area contributed by atoms with Crippen LogP contribution in [0.15, 0.2) is 39.9 Å². The first-order chi connectivity index (χ1) is 8.85. The van der Waals surface area contributed by atoms with E-state index in [0.29, 0.717) is 0 Å². The normalized spacial score (nSPS) is 18.4. The van der Waals surface area contributed by atoms with Gasteiger partial charge in [0.05, 0.1) is 11.3 Å². The summed E-state index contributed by atoms with van der Waals surface area (Å²) < 4.78 is 6.72. The van der Waals surface area contributed by atoms with Crippen LogP contribution in [-0.4, -0.2) is 12.9 Å². The highest BCUT2D eigenvalue weighted by atomic mass is 32.2. The molecule has 3 heteroatoms. The number of ether oxygens (including phenoxy) is 1. The van der Waals surface area contributed by atoms with Gasteiger partial charge in [0.1, 0.15) is 5.75 Å². The molecular weight excluding hydrogens is 260 g/mol. The number of thiophene rings is 1. The molecule has 1 atom stereocenters. The monoisotopic (exact) mass is 276 g/mol. The molecule has 1 aromatic carbocycles. The molecule has 2 heterocycles. The molecule has 0 fully saturated rings. The van der Waals surface area contributed by atoms with Gasteiger partial charge in [-0.05, 0) is 53.5 Å². The second-order valence-electron chi connectivity index (χ2n) is 4.67. The van der Waals surface area contributed by atoms with E-state index < -0.39 is 0 Å². The molecule has 94 valence electrons. The van der Waals surface area contributed by atoms with Crippen LogP contribution in [0.2, 0.25) is 0 Å². The van der Waals surface area contributed by atoms with Gasteiger partial charge in [-0.1, -0.05) is 12.1 Å². The van der Waals surface area contributed by atoms with Crippen molar-refractivity contribution < 1.29 is 4.74 Å². The smallest absolute Gasteiger partial charge is 0.118 e. The summed E-state index contributed by atoms with van der Waals surface area (Å²) in [6.45, 7) is 0. The fraction of sp³-hybridized carbons (Fsp3) is 0.333. The summed E-state index contributed by atoms with van der Waals surface area (Å²) in [5, 5.41) is 2.22. The predicted octanol–water partition coefficient (Wildman–Crippen LogP) is 4.26. The molecule has 0 saturated carbocycles. The van der Waals surface area contributed by atoms with Crippen LogP contribution in [0, 0.1) is 5.92 Å². The van der Waals surface area contributed by atoms with Crippen LogP contribution < -0.4 is 4.74 Å². The zero-order chi connectivity index (χ0) is 12.4. The van der Waals surface area contributed by atoms with Crippen molar-refractivity contribution in [3.8, 4) is 5.75 Å². The van der Waals surface area contributed by atoms with Gasteiger partial charge in [-0.3, -0.25) is 0 Å². The van der Waals surface area contributed by atoms with Crippen LogP contribution in [0.25, 0.3) is 0 Å². The van der Waals surface area contributed by atoms with Gasteiger partial charge in [0.2, 0.25) is 0 Å². The lowest BCUT2D eigenvalue weighted by molar-refractivity contribution is 0.414. The van der Waals surface area contributed by atoms with E-state index in [9.17, 15) is 0 Å². The van der Waals surface area contributed by atoms with E-state index >= 15 is 0 Å². The van der Waals surface area contributed by atoms with Gasteiger partial charge in [-0.25, -0.2) is 0 Å². The van der Waals surface area contributed by atoms with Crippen molar-refractivity contribution in [3.05, 3.63) is 46.8 Å². The lowest BCUT2D eigenvalue weighted by atomic mass is 9.95. The standard InChI is InChI=1S/C15H16OS2/c1-16-14-4-2-11(3-5-14)8-12-9-13-6-7-17-15(13)18-10-12/h2-7,12H,8-10H2,1H3. The largest absolute Gasteiger partial charge is 0.497 e. The third kappa shape index (κ3) is 2.57. The number of methoxy groups -OCH3 is 1. The minimum atomic E-state index is 0.769. The van der Waals surface area contributed by atoms with Gasteiger partial charge >= 0.3 is 0 Å². The van der Waals surface area contributed by atoms with Crippen LogP contribution in [0.5, 0.6) is 5.75 Å². The number of rotatable bonds is 3. The SMILES string of the molecule is COc1ccc(CC2CSc3sccc3C2)cc1. The Morgan fingerprint density at radius 2 is 2.06 bits per heavy atom. The van der Waals surface area contributed by atoms with Gasteiger partial charge in [0.25, 0.3) is 0 Å². The van der Waals surface area contributed by atoms with Crippen molar-refractivity contribution in [2.45, 2.75) is 17.1 Å². The van der Waals surface area contributed by atoms with Crippen molar-refractivity contribution >= 4 is 23.1 Å².